The molecule has 7 heteroatoms. The van der Waals surface area contributed by atoms with E-state index in [1.807, 2.05) is 33.8 Å². The molecule has 2 N–H and O–H groups in total. The number of aromatic nitrogens is 2. The Kier molecular flexibility index (Phi) is 5.63. The van der Waals surface area contributed by atoms with E-state index in [9.17, 15) is 9.59 Å². The van der Waals surface area contributed by atoms with Crippen molar-refractivity contribution in [1.29, 1.82) is 0 Å². The molecule has 0 bridgehead atoms. The zero-order chi connectivity index (χ0) is 20.3. The highest BCUT2D eigenvalue weighted by atomic mass is 16.5. The fourth-order valence-corrected chi connectivity index (χ4v) is 3.00. The molecule has 7 nitrogen and oxygen atoms in total. The zero-order valence-electron chi connectivity index (χ0n) is 16.4. The molecule has 0 saturated carbocycles. The Balaban J connectivity index is 1.73. The Labute approximate surface area is 162 Å². The van der Waals surface area contributed by atoms with Crippen molar-refractivity contribution < 1.29 is 14.1 Å². The summed E-state index contributed by atoms with van der Waals surface area (Å²) >= 11 is 0. The average Bonchev–Trinajstić information content (AvgIpc) is 2.97. The van der Waals surface area contributed by atoms with E-state index in [1.165, 1.54) is 0 Å². The van der Waals surface area contributed by atoms with Crippen LogP contribution in [-0.4, -0.2) is 16.0 Å². The van der Waals surface area contributed by atoms with Crippen LogP contribution in [-0.2, 0) is 13.2 Å². The van der Waals surface area contributed by atoms with E-state index in [0.29, 0.717) is 22.6 Å². The Morgan fingerprint density at radius 1 is 1.18 bits per heavy atom. The molecule has 1 amide bonds. The second-order valence-corrected chi connectivity index (χ2v) is 6.71. The molecule has 0 unspecified atom stereocenters. The molecular weight excluding hydrogens is 358 g/mol. The van der Waals surface area contributed by atoms with Gasteiger partial charge < -0.3 is 19.6 Å². The smallest absolute Gasteiger partial charge is 0.255 e. The van der Waals surface area contributed by atoms with Gasteiger partial charge in [0.1, 0.15) is 18.1 Å². The van der Waals surface area contributed by atoms with Crippen LogP contribution in [0.1, 0.15) is 44.2 Å². The van der Waals surface area contributed by atoms with Gasteiger partial charge in [0, 0.05) is 17.8 Å². The van der Waals surface area contributed by atoms with Gasteiger partial charge in [-0.05, 0) is 51.5 Å². The molecule has 0 fully saturated rings. The first-order chi connectivity index (χ1) is 13.4. The minimum absolute atomic E-state index is 0.137. The first-order valence-corrected chi connectivity index (χ1v) is 8.98. The Morgan fingerprint density at radius 3 is 2.61 bits per heavy atom. The van der Waals surface area contributed by atoms with Crippen LogP contribution >= 0.6 is 0 Å². The molecule has 0 aliphatic rings. The fourth-order valence-electron chi connectivity index (χ4n) is 3.00. The number of para-hydroxylation sites is 1. The number of pyridine rings is 1. The Morgan fingerprint density at radius 2 is 1.93 bits per heavy atom. The van der Waals surface area contributed by atoms with Crippen molar-refractivity contribution in [3.05, 3.63) is 80.1 Å². The van der Waals surface area contributed by atoms with Crippen molar-refractivity contribution in [3.63, 3.8) is 0 Å². The van der Waals surface area contributed by atoms with E-state index in [0.717, 1.165) is 22.5 Å². The number of nitrogens with zero attached hydrogens (tertiary/aromatic N) is 1. The van der Waals surface area contributed by atoms with Crippen molar-refractivity contribution in [3.8, 4) is 5.75 Å². The van der Waals surface area contributed by atoms with Gasteiger partial charge in [0.2, 0.25) is 0 Å². The zero-order valence-corrected chi connectivity index (χ0v) is 16.4. The maximum atomic E-state index is 12.7. The van der Waals surface area contributed by atoms with E-state index in [2.05, 4.69) is 15.5 Å². The Bertz CT molecular complexity index is 1050. The van der Waals surface area contributed by atoms with E-state index >= 15 is 0 Å². The summed E-state index contributed by atoms with van der Waals surface area (Å²) < 4.78 is 11.0. The summed E-state index contributed by atoms with van der Waals surface area (Å²) in [7, 11) is 0. The summed E-state index contributed by atoms with van der Waals surface area (Å²) in [6.07, 6.45) is 0. The third-order valence-electron chi connectivity index (χ3n) is 4.60. The van der Waals surface area contributed by atoms with Gasteiger partial charge in [-0.2, -0.15) is 0 Å². The number of aryl methyl sites for hydroxylation is 4. The summed E-state index contributed by atoms with van der Waals surface area (Å²) in [5.41, 5.74) is 3.98. The van der Waals surface area contributed by atoms with Crippen LogP contribution in [0.15, 0.2) is 39.6 Å². The largest absolute Gasteiger partial charge is 0.488 e. The van der Waals surface area contributed by atoms with Crippen molar-refractivity contribution in [2.24, 2.45) is 0 Å². The predicted octanol–water partition coefficient (Wildman–Crippen LogP) is 3.11. The third kappa shape index (κ3) is 4.14. The van der Waals surface area contributed by atoms with E-state index in [1.54, 1.807) is 24.3 Å². The number of carbonyl (C=O) groups excluding carboxylic acids is 1. The van der Waals surface area contributed by atoms with Crippen molar-refractivity contribution in [2.75, 3.05) is 0 Å². The van der Waals surface area contributed by atoms with Crippen LogP contribution in [0.3, 0.4) is 0 Å². The standard InChI is InChI=1S/C21H23N3O4/c1-12-9-13(2)23-21(26)17(12)10-22-20(25)16-7-5-6-8-19(16)27-11-18-14(3)24-28-15(18)4/h5-9H,10-11H2,1-4H3,(H,22,25)(H,23,26). The molecule has 0 radical (unpaired) electrons. The number of rotatable bonds is 6. The molecule has 0 saturated heterocycles. The van der Waals surface area contributed by atoms with Crippen molar-refractivity contribution in [1.82, 2.24) is 15.5 Å². The minimum Gasteiger partial charge on any atom is -0.488 e. The normalized spacial score (nSPS) is 10.7. The van der Waals surface area contributed by atoms with Gasteiger partial charge >= 0.3 is 0 Å². The lowest BCUT2D eigenvalue weighted by Crippen LogP contribution is -2.28. The Hall–Kier alpha value is -3.35. The molecule has 146 valence electrons. The molecular formula is C21H23N3O4. The van der Waals surface area contributed by atoms with Crippen LogP contribution in [0.2, 0.25) is 0 Å². The van der Waals surface area contributed by atoms with E-state index in [-0.39, 0.29) is 24.6 Å². The molecule has 0 atom stereocenters. The number of H-pyrrole nitrogens is 1. The molecule has 0 aliphatic heterocycles. The van der Waals surface area contributed by atoms with Gasteiger partial charge in [-0.25, -0.2) is 0 Å². The molecule has 3 rings (SSSR count). The number of ether oxygens (including phenoxy) is 1. The molecule has 28 heavy (non-hydrogen) atoms. The molecule has 2 heterocycles. The number of hydrogen-bond acceptors (Lipinski definition) is 5. The first-order valence-electron chi connectivity index (χ1n) is 8.98. The first kappa shape index (κ1) is 19.4. The molecule has 0 spiro atoms. The van der Waals surface area contributed by atoms with Gasteiger partial charge in [0.15, 0.2) is 0 Å². The van der Waals surface area contributed by atoms with E-state index in [4.69, 9.17) is 9.26 Å². The summed E-state index contributed by atoms with van der Waals surface area (Å²) in [5.74, 6) is 0.830. The molecule has 1 aromatic carbocycles. The third-order valence-corrected chi connectivity index (χ3v) is 4.60. The fraction of sp³-hybridized carbons (Fsp3) is 0.286. The highest BCUT2D eigenvalue weighted by Crippen LogP contribution is 2.21. The summed E-state index contributed by atoms with van der Waals surface area (Å²) in [4.78, 5) is 27.6. The lowest BCUT2D eigenvalue weighted by atomic mass is 10.1. The second-order valence-electron chi connectivity index (χ2n) is 6.71. The monoisotopic (exact) mass is 381 g/mol. The maximum absolute atomic E-state index is 12.7. The van der Waals surface area contributed by atoms with E-state index < -0.39 is 0 Å². The number of nitrogens with one attached hydrogen (secondary N) is 2. The van der Waals surface area contributed by atoms with Crippen LogP contribution in [0.25, 0.3) is 0 Å². The topological polar surface area (TPSA) is 97.2 Å². The SMILES string of the molecule is Cc1cc(C)c(CNC(=O)c2ccccc2OCc2c(C)noc2C)c(=O)[nH]1. The van der Waals surface area contributed by atoms with Crippen LogP contribution in [0.4, 0.5) is 0 Å². The number of amides is 1. The van der Waals surface area contributed by atoms with Crippen molar-refractivity contribution in [2.45, 2.75) is 40.8 Å². The quantitative estimate of drug-likeness (QED) is 0.684. The van der Waals surface area contributed by atoms with Gasteiger partial charge in [0.25, 0.3) is 11.5 Å². The molecule has 0 aliphatic carbocycles. The summed E-state index contributed by atoms with van der Waals surface area (Å²) in [6.45, 7) is 7.72. The lowest BCUT2D eigenvalue weighted by molar-refractivity contribution is 0.0946. The van der Waals surface area contributed by atoms with Crippen LogP contribution in [0, 0.1) is 27.7 Å². The minimum atomic E-state index is -0.311. The number of aromatic amines is 1. The highest BCUT2D eigenvalue weighted by molar-refractivity contribution is 5.96. The average molecular weight is 381 g/mol. The summed E-state index contributed by atoms with van der Waals surface area (Å²) in [5, 5.41) is 6.71. The van der Waals surface area contributed by atoms with Crippen LogP contribution in [0.5, 0.6) is 5.75 Å². The number of hydrogen-bond donors (Lipinski definition) is 2. The molecule has 3 aromatic rings. The highest BCUT2D eigenvalue weighted by Gasteiger charge is 2.15. The van der Waals surface area contributed by atoms with Crippen molar-refractivity contribution >= 4 is 5.91 Å². The number of benzene rings is 1. The molecule has 2 aromatic heterocycles. The number of carbonyl (C=O) groups is 1. The van der Waals surface area contributed by atoms with Gasteiger partial charge in [-0.3, -0.25) is 9.59 Å². The maximum Gasteiger partial charge on any atom is 0.255 e. The predicted molar refractivity (Wildman–Crippen MR) is 104 cm³/mol. The summed E-state index contributed by atoms with van der Waals surface area (Å²) in [6, 6.07) is 8.86. The second kappa shape index (κ2) is 8.12. The lowest BCUT2D eigenvalue weighted by Gasteiger charge is -2.12. The van der Waals surface area contributed by atoms with Gasteiger partial charge in [-0.15, -0.1) is 0 Å². The van der Waals surface area contributed by atoms with Gasteiger partial charge in [0.05, 0.1) is 16.8 Å². The van der Waals surface area contributed by atoms with Crippen LogP contribution < -0.4 is 15.6 Å². The van der Waals surface area contributed by atoms with Gasteiger partial charge in [-0.1, -0.05) is 17.3 Å².